The van der Waals surface area contributed by atoms with Crippen LogP contribution in [0.15, 0.2) is 30.3 Å². The molecule has 1 fully saturated rings. The zero-order valence-electron chi connectivity index (χ0n) is 12.3. The van der Waals surface area contributed by atoms with Crippen LogP contribution in [0.5, 0.6) is 0 Å². The summed E-state index contributed by atoms with van der Waals surface area (Å²) in [5.74, 6) is -5.32. The number of halogens is 3. The van der Waals surface area contributed by atoms with Gasteiger partial charge in [-0.25, -0.2) is 0 Å². The quantitative estimate of drug-likeness (QED) is 0.827. The van der Waals surface area contributed by atoms with Crippen LogP contribution in [0.25, 0.3) is 0 Å². The molecule has 1 saturated heterocycles. The normalized spacial score (nSPS) is 28.1. The predicted molar refractivity (Wildman–Crippen MR) is 73.1 cm³/mol. The first-order chi connectivity index (χ1) is 10.7. The molecule has 1 aromatic rings. The summed E-state index contributed by atoms with van der Waals surface area (Å²) >= 11 is 0. The molecule has 5 nitrogen and oxygen atoms in total. The minimum absolute atomic E-state index is 0.140. The van der Waals surface area contributed by atoms with Gasteiger partial charge >= 0.3 is 12.1 Å². The van der Waals surface area contributed by atoms with Crippen molar-refractivity contribution in [3.05, 3.63) is 35.9 Å². The van der Waals surface area contributed by atoms with Gasteiger partial charge in [-0.1, -0.05) is 30.3 Å². The standard InChI is InChI=1S/C15H16F3NO4/c1-2-23-13(21)12-10(9-6-4-3-5-7-9)8-11(20)19-14(12,22)15(16,17)18/h3-7,10,12,22H,2,8H2,1H3,(H,19,20). The molecule has 0 saturated carbocycles. The van der Waals surface area contributed by atoms with Crippen molar-refractivity contribution in [2.45, 2.75) is 31.2 Å². The second-order valence-corrected chi connectivity index (χ2v) is 5.26. The molecule has 1 aromatic carbocycles. The Morgan fingerprint density at radius 3 is 2.52 bits per heavy atom. The van der Waals surface area contributed by atoms with E-state index in [-0.39, 0.29) is 13.0 Å². The third-order valence-electron chi connectivity index (χ3n) is 3.79. The topological polar surface area (TPSA) is 75.6 Å². The van der Waals surface area contributed by atoms with E-state index in [1.807, 2.05) is 0 Å². The number of nitrogens with one attached hydrogen (secondary N) is 1. The van der Waals surface area contributed by atoms with Crippen LogP contribution >= 0.6 is 0 Å². The largest absolute Gasteiger partial charge is 0.466 e. The summed E-state index contributed by atoms with van der Waals surface area (Å²) in [4.78, 5) is 23.8. The van der Waals surface area contributed by atoms with Gasteiger partial charge in [0.2, 0.25) is 11.6 Å². The van der Waals surface area contributed by atoms with Crippen molar-refractivity contribution in [1.82, 2.24) is 5.32 Å². The molecule has 2 N–H and O–H groups in total. The predicted octanol–water partition coefficient (Wildman–Crippen LogP) is 1.72. The Labute approximate surface area is 130 Å². The molecule has 1 amide bonds. The maximum atomic E-state index is 13.4. The molecule has 0 spiro atoms. The highest BCUT2D eigenvalue weighted by Gasteiger charge is 2.66. The first kappa shape index (κ1) is 17.3. The summed E-state index contributed by atoms with van der Waals surface area (Å²) in [7, 11) is 0. The van der Waals surface area contributed by atoms with Crippen molar-refractivity contribution in [1.29, 1.82) is 0 Å². The van der Waals surface area contributed by atoms with E-state index in [4.69, 9.17) is 4.74 Å². The molecular weight excluding hydrogens is 315 g/mol. The number of piperidine rings is 1. The summed E-state index contributed by atoms with van der Waals surface area (Å²) in [6.45, 7) is 1.31. The van der Waals surface area contributed by atoms with Crippen molar-refractivity contribution in [2.24, 2.45) is 5.92 Å². The molecule has 0 bridgehead atoms. The van der Waals surface area contributed by atoms with Crippen LogP contribution < -0.4 is 5.32 Å². The average Bonchev–Trinajstić information content (AvgIpc) is 2.46. The van der Waals surface area contributed by atoms with Gasteiger partial charge in [0.25, 0.3) is 0 Å². The molecule has 1 aliphatic rings. The highest BCUT2D eigenvalue weighted by Crippen LogP contribution is 2.45. The maximum absolute atomic E-state index is 13.4. The molecule has 1 aliphatic heterocycles. The fourth-order valence-corrected chi connectivity index (χ4v) is 2.77. The fraction of sp³-hybridized carbons (Fsp3) is 0.467. The second kappa shape index (κ2) is 6.19. The van der Waals surface area contributed by atoms with Crippen LogP contribution in [-0.4, -0.2) is 35.5 Å². The summed E-state index contributed by atoms with van der Waals surface area (Å²) < 4.78 is 44.8. The minimum atomic E-state index is -5.23. The first-order valence-corrected chi connectivity index (χ1v) is 7.02. The van der Waals surface area contributed by atoms with E-state index < -0.39 is 35.6 Å². The van der Waals surface area contributed by atoms with Crippen LogP contribution in [0, 0.1) is 5.92 Å². The van der Waals surface area contributed by atoms with E-state index in [0.29, 0.717) is 5.56 Å². The molecule has 126 valence electrons. The number of hydrogen-bond donors (Lipinski definition) is 2. The van der Waals surface area contributed by atoms with E-state index in [1.165, 1.54) is 24.4 Å². The van der Waals surface area contributed by atoms with E-state index >= 15 is 0 Å². The van der Waals surface area contributed by atoms with Gasteiger partial charge in [0.15, 0.2) is 0 Å². The van der Waals surface area contributed by atoms with Gasteiger partial charge in [0.05, 0.1) is 6.61 Å². The van der Waals surface area contributed by atoms with E-state index in [2.05, 4.69) is 0 Å². The van der Waals surface area contributed by atoms with Crippen molar-refractivity contribution >= 4 is 11.9 Å². The number of rotatable bonds is 3. The maximum Gasteiger partial charge on any atom is 0.437 e. The Kier molecular flexibility index (Phi) is 4.65. The van der Waals surface area contributed by atoms with E-state index in [0.717, 1.165) is 0 Å². The van der Waals surface area contributed by atoms with Gasteiger partial charge in [-0.2, -0.15) is 13.2 Å². The number of ether oxygens (including phenoxy) is 1. The fourth-order valence-electron chi connectivity index (χ4n) is 2.77. The summed E-state index contributed by atoms with van der Waals surface area (Å²) in [6.07, 6.45) is -5.58. The summed E-state index contributed by atoms with van der Waals surface area (Å²) in [5, 5.41) is 11.6. The smallest absolute Gasteiger partial charge is 0.437 e. The summed E-state index contributed by atoms with van der Waals surface area (Å²) in [5.41, 5.74) is -3.32. The molecule has 2 rings (SSSR count). The molecule has 0 radical (unpaired) electrons. The van der Waals surface area contributed by atoms with Crippen LogP contribution in [0.2, 0.25) is 0 Å². The first-order valence-electron chi connectivity index (χ1n) is 7.02. The number of amides is 1. The number of esters is 1. The van der Waals surface area contributed by atoms with Crippen LogP contribution in [-0.2, 0) is 14.3 Å². The molecule has 0 aromatic heterocycles. The lowest BCUT2D eigenvalue weighted by Crippen LogP contribution is -2.69. The lowest BCUT2D eigenvalue weighted by atomic mass is 9.74. The number of benzene rings is 1. The SMILES string of the molecule is CCOC(=O)C1C(c2ccccc2)CC(=O)NC1(O)C(F)(F)F. The Balaban J connectivity index is 2.54. The zero-order valence-corrected chi connectivity index (χ0v) is 12.3. The Morgan fingerprint density at radius 1 is 1.39 bits per heavy atom. The molecule has 0 aliphatic carbocycles. The number of hydrogen-bond acceptors (Lipinski definition) is 4. The molecular formula is C15H16F3NO4. The molecule has 8 heteroatoms. The lowest BCUT2D eigenvalue weighted by molar-refractivity contribution is -0.296. The average molecular weight is 331 g/mol. The van der Waals surface area contributed by atoms with Crippen molar-refractivity contribution in [3.63, 3.8) is 0 Å². The van der Waals surface area contributed by atoms with Gasteiger partial charge in [-0.3, -0.25) is 9.59 Å². The van der Waals surface area contributed by atoms with Gasteiger partial charge in [0, 0.05) is 12.3 Å². The molecule has 23 heavy (non-hydrogen) atoms. The van der Waals surface area contributed by atoms with Crippen molar-refractivity contribution < 1.29 is 32.6 Å². The number of aliphatic hydroxyl groups is 1. The van der Waals surface area contributed by atoms with E-state index in [9.17, 15) is 27.9 Å². The van der Waals surface area contributed by atoms with Crippen LogP contribution in [0.1, 0.15) is 24.8 Å². The van der Waals surface area contributed by atoms with Crippen molar-refractivity contribution in [2.75, 3.05) is 6.61 Å². The minimum Gasteiger partial charge on any atom is -0.466 e. The van der Waals surface area contributed by atoms with Crippen molar-refractivity contribution in [3.8, 4) is 0 Å². The van der Waals surface area contributed by atoms with Crippen LogP contribution in [0.3, 0.4) is 0 Å². The highest BCUT2D eigenvalue weighted by molar-refractivity contribution is 5.85. The number of carbonyl (C=O) groups is 2. The van der Waals surface area contributed by atoms with E-state index in [1.54, 1.807) is 18.2 Å². The number of carbonyl (C=O) groups excluding carboxylic acids is 2. The highest BCUT2D eigenvalue weighted by atomic mass is 19.4. The second-order valence-electron chi connectivity index (χ2n) is 5.26. The molecule has 1 heterocycles. The van der Waals surface area contributed by atoms with Gasteiger partial charge in [-0.15, -0.1) is 0 Å². The monoisotopic (exact) mass is 331 g/mol. The Hall–Kier alpha value is -2.09. The number of alkyl halides is 3. The molecule has 3 atom stereocenters. The Morgan fingerprint density at radius 2 is 2.00 bits per heavy atom. The zero-order chi connectivity index (χ0) is 17.3. The van der Waals surface area contributed by atoms with Gasteiger partial charge in [0.1, 0.15) is 5.92 Å². The third kappa shape index (κ3) is 3.17. The third-order valence-corrected chi connectivity index (χ3v) is 3.79. The summed E-state index contributed by atoms with van der Waals surface area (Å²) in [6, 6.07) is 7.83. The van der Waals surface area contributed by atoms with Gasteiger partial charge in [-0.05, 0) is 12.5 Å². The van der Waals surface area contributed by atoms with Gasteiger partial charge < -0.3 is 15.2 Å². The molecule has 3 unspecified atom stereocenters. The van der Waals surface area contributed by atoms with Crippen LogP contribution in [0.4, 0.5) is 13.2 Å². The lowest BCUT2D eigenvalue weighted by Gasteiger charge is -2.43. The Bertz CT molecular complexity index is 590.